The summed E-state index contributed by atoms with van der Waals surface area (Å²) >= 11 is 0. The van der Waals surface area contributed by atoms with Crippen LogP contribution in [0.5, 0.6) is 0 Å². The number of fused-ring (bicyclic) bond motifs is 1. The van der Waals surface area contributed by atoms with Crippen LogP contribution in [0.3, 0.4) is 0 Å². The number of sulfone groups is 1. The van der Waals surface area contributed by atoms with Crippen molar-refractivity contribution in [1.29, 1.82) is 0 Å². The van der Waals surface area contributed by atoms with Crippen molar-refractivity contribution in [3.8, 4) is 0 Å². The molecular formula is C14H22N2O2S. The van der Waals surface area contributed by atoms with Gasteiger partial charge >= 0.3 is 0 Å². The normalized spacial score (nSPS) is 27.2. The van der Waals surface area contributed by atoms with Crippen molar-refractivity contribution < 1.29 is 8.42 Å². The molecule has 3 rings (SSSR count). The van der Waals surface area contributed by atoms with E-state index < -0.39 is 9.84 Å². The summed E-state index contributed by atoms with van der Waals surface area (Å²) in [6.45, 7) is 2.12. The molecule has 1 unspecified atom stereocenters. The number of aryl methyl sites for hydroxylation is 1. The Morgan fingerprint density at radius 3 is 2.63 bits per heavy atom. The van der Waals surface area contributed by atoms with Crippen LogP contribution in [0.25, 0.3) is 0 Å². The van der Waals surface area contributed by atoms with Gasteiger partial charge in [-0.2, -0.15) is 0 Å². The average molecular weight is 282 g/mol. The third-order valence-corrected chi connectivity index (χ3v) is 6.30. The van der Waals surface area contributed by atoms with E-state index in [4.69, 9.17) is 5.73 Å². The van der Waals surface area contributed by atoms with Gasteiger partial charge in [-0.1, -0.05) is 0 Å². The van der Waals surface area contributed by atoms with E-state index >= 15 is 0 Å². The Hall–Kier alpha value is -0.810. The molecule has 2 heterocycles. The quantitative estimate of drug-likeness (QED) is 0.855. The first-order chi connectivity index (χ1) is 8.98. The minimum absolute atomic E-state index is 0.163. The Balaban J connectivity index is 1.93. The lowest BCUT2D eigenvalue weighted by molar-refractivity contribution is 0.421. The summed E-state index contributed by atoms with van der Waals surface area (Å²) in [5.74, 6) is 0.659. The number of hydrogen-bond acceptors (Lipinski definition) is 3. The molecule has 2 N–H and O–H groups in total. The van der Waals surface area contributed by atoms with Crippen molar-refractivity contribution in [3.63, 3.8) is 0 Å². The molecule has 1 saturated heterocycles. The molecule has 0 amide bonds. The van der Waals surface area contributed by atoms with E-state index in [1.165, 1.54) is 17.0 Å². The van der Waals surface area contributed by atoms with Gasteiger partial charge < -0.3 is 10.3 Å². The predicted octanol–water partition coefficient (Wildman–Crippen LogP) is 1.88. The van der Waals surface area contributed by atoms with Gasteiger partial charge in [0.1, 0.15) is 9.84 Å². The number of hydrogen-bond donors (Lipinski definition) is 1. The van der Waals surface area contributed by atoms with Gasteiger partial charge in [0.2, 0.25) is 0 Å². The molecule has 4 nitrogen and oxygen atoms in total. The highest BCUT2D eigenvalue weighted by Crippen LogP contribution is 2.35. The van der Waals surface area contributed by atoms with Gasteiger partial charge in [-0.15, -0.1) is 0 Å². The van der Waals surface area contributed by atoms with E-state index in [9.17, 15) is 8.42 Å². The Kier molecular flexibility index (Phi) is 3.21. The third kappa shape index (κ3) is 2.34. The van der Waals surface area contributed by atoms with E-state index in [1.807, 2.05) is 0 Å². The number of aromatic nitrogens is 1. The molecular weight excluding hydrogens is 260 g/mol. The molecule has 1 aromatic rings. The standard InChI is InChI=1S/C14H22N2O2S/c1-10-9-12-13(15)3-2-4-14(12)16(10)11-5-7-19(17,18)8-6-11/h9,11,13H,2-8,15H2,1H3. The van der Waals surface area contributed by atoms with Crippen LogP contribution in [0.1, 0.15) is 54.7 Å². The SMILES string of the molecule is Cc1cc2c(n1C1CCS(=O)(=O)CC1)CCCC2N. The summed E-state index contributed by atoms with van der Waals surface area (Å²) in [5, 5.41) is 0. The fraction of sp³-hybridized carbons (Fsp3) is 0.714. The topological polar surface area (TPSA) is 65.1 Å². The van der Waals surface area contributed by atoms with Crippen LogP contribution in [-0.4, -0.2) is 24.5 Å². The molecule has 1 aliphatic heterocycles. The molecule has 0 aromatic carbocycles. The van der Waals surface area contributed by atoms with Crippen molar-refractivity contribution in [1.82, 2.24) is 4.57 Å². The molecule has 1 fully saturated rings. The van der Waals surface area contributed by atoms with Crippen LogP contribution in [0, 0.1) is 6.92 Å². The van der Waals surface area contributed by atoms with Crippen LogP contribution >= 0.6 is 0 Å². The van der Waals surface area contributed by atoms with Crippen molar-refractivity contribution in [2.45, 2.75) is 51.1 Å². The van der Waals surface area contributed by atoms with Crippen molar-refractivity contribution >= 4 is 9.84 Å². The molecule has 5 heteroatoms. The van der Waals surface area contributed by atoms with Gasteiger partial charge in [0.15, 0.2) is 0 Å². The van der Waals surface area contributed by atoms with Crippen molar-refractivity contribution in [2.75, 3.05) is 11.5 Å². The Labute approximate surface area is 114 Å². The molecule has 0 spiro atoms. The van der Waals surface area contributed by atoms with E-state index in [1.54, 1.807) is 0 Å². The molecule has 0 bridgehead atoms. The maximum atomic E-state index is 11.6. The summed E-state index contributed by atoms with van der Waals surface area (Å²) in [7, 11) is -2.79. The number of nitrogens with two attached hydrogens (primary N) is 1. The predicted molar refractivity (Wildman–Crippen MR) is 76.0 cm³/mol. The summed E-state index contributed by atoms with van der Waals surface area (Å²) in [4.78, 5) is 0. The van der Waals surface area contributed by atoms with Crippen molar-refractivity contribution in [2.24, 2.45) is 5.73 Å². The van der Waals surface area contributed by atoms with Crippen LogP contribution < -0.4 is 5.73 Å². The number of rotatable bonds is 1. The highest BCUT2D eigenvalue weighted by atomic mass is 32.2. The first-order valence-corrected chi connectivity index (χ1v) is 8.97. The maximum Gasteiger partial charge on any atom is 0.150 e. The lowest BCUT2D eigenvalue weighted by atomic mass is 9.93. The van der Waals surface area contributed by atoms with Crippen LogP contribution in [0.2, 0.25) is 0 Å². The van der Waals surface area contributed by atoms with Crippen LogP contribution in [0.4, 0.5) is 0 Å². The lowest BCUT2D eigenvalue weighted by Gasteiger charge is -2.29. The van der Waals surface area contributed by atoms with Crippen LogP contribution in [-0.2, 0) is 16.3 Å². The second kappa shape index (κ2) is 4.63. The third-order valence-electron chi connectivity index (χ3n) is 4.59. The van der Waals surface area contributed by atoms with E-state index in [2.05, 4.69) is 17.6 Å². The molecule has 19 heavy (non-hydrogen) atoms. The van der Waals surface area contributed by atoms with Gasteiger partial charge in [-0.3, -0.25) is 0 Å². The first-order valence-electron chi connectivity index (χ1n) is 7.14. The highest BCUT2D eigenvalue weighted by Gasteiger charge is 2.29. The molecule has 0 radical (unpaired) electrons. The Morgan fingerprint density at radius 2 is 1.95 bits per heavy atom. The summed E-state index contributed by atoms with van der Waals surface area (Å²) in [6.07, 6.45) is 4.79. The first kappa shape index (κ1) is 13.2. The average Bonchev–Trinajstić information content (AvgIpc) is 2.68. The maximum absolute atomic E-state index is 11.6. The smallest absolute Gasteiger partial charge is 0.150 e. The lowest BCUT2D eigenvalue weighted by Crippen LogP contribution is -2.28. The van der Waals surface area contributed by atoms with Crippen LogP contribution in [0.15, 0.2) is 6.07 Å². The molecule has 1 atom stereocenters. The molecule has 106 valence electrons. The highest BCUT2D eigenvalue weighted by molar-refractivity contribution is 7.91. The molecule has 1 aromatic heterocycles. The second-order valence-corrected chi connectivity index (χ2v) is 8.24. The van der Waals surface area contributed by atoms with Gasteiger partial charge in [0.05, 0.1) is 11.5 Å². The second-order valence-electron chi connectivity index (χ2n) is 5.94. The minimum atomic E-state index is -2.79. The largest absolute Gasteiger partial charge is 0.345 e. The van der Waals surface area contributed by atoms with Gasteiger partial charge in [0.25, 0.3) is 0 Å². The number of nitrogens with zero attached hydrogens (tertiary/aromatic N) is 1. The molecule has 0 saturated carbocycles. The zero-order valence-electron chi connectivity index (χ0n) is 11.4. The van der Waals surface area contributed by atoms with Gasteiger partial charge in [-0.05, 0) is 50.7 Å². The fourth-order valence-corrected chi connectivity index (χ4v) is 5.07. The summed E-state index contributed by atoms with van der Waals surface area (Å²) < 4.78 is 25.5. The van der Waals surface area contributed by atoms with E-state index in [-0.39, 0.29) is 6.04 Å². The monoisotopic (exact) mass is 282 g/mol. The van der Waals surface area contributed by atoms with E-state index in [0.29, 0.717) is 17.5 Å². The summed E-state index contributed by atoms with van der Waals surface area (Å²) in [6, 6.07) is 2.72. The summed E-state index contributed by atoms with van der Waals surface area (Å²) in [5.41, 5.74) is 10.1. The minimum Gasteiger partial charge on any atom is -0.345 e. The zero-order valence-corrected chi connectivity index (χ0v) is 12.2. The van der Waals surface area contributed by atoms with E-state index in [0.717, 1.165) is 32.1 Å². The van der Waals surface area contributed by atoms with Gasteiger partial charge in [0, 0.05) is 23.5 Å². The van der Waals surface area contributed by atoms with Gasteiger partial charge in [-0.25, -0.2) is 8.42 Å². The molecule has 1 aliphatic carbocycles. The zero-order chi connectivity index (χ0) is 13.6. The fourth-order valence-electron chi connectivity index (χ4n) is 3.60. The molecule has 2 aliphatic rings. The Morgan fingerprint density at radius 1 is 1.26 bits per heavy atom. The Bertz CT molecular complexity index is 575. The van der Waals surface area contributed by atoms with Crippen molar-refractivity contribution in [3.05, 3.63) is 23.0 Å².